The number of carbonyl (C=O) groups is 2. The van der Waals surface area contributed by atoms with Gasteiger partial charge in [0.1, 0.15) is 23.0 Å². The summed E-state index contributed by atoms with van der Waals surface area (Å²) in [6, 6.07) is 18.0. The lowest BCUT2D eigenvalue weighted by Gasteiger charge is -2.26. The van der Waals surface area contributed by atoms with Crippen molar-refractivity contribution >= 4 is 17.9 Å². The lowest BCUT2D eigenvalue weighted by molar-refractivity contribution is -0.117. The van der Waals surface area contributed by atoms with Gasteiger partial charge in [0.05, 0.1) is 13.2 Å². The van der Waals surface area contributed by atoms with E-state index in [1.54, 1.807) is 48.5 Å². The largest absolute Gasteiger partial charge is 0.457 e. The van der Waals surface area contributed by atoms with Crippen LogP contribution in [0.3, 0.4) is 0 Å². The van der Waals surface area contributed by atoms with Gasteiger partial charge in [0.25, 0.3) is 11.8 Å². The number of morpholine rings is 1. The number of furan rings is 1. The van der Waals surface area contributed by atoms with Crippen molar-refractivity contribution < 1.29 is 23.1 Å². The second kappa shape index (κ2) is 12.1. The van der Waals surface area contributed by atoms with Crippen LogP contribution in [0.15, 0.2) is 76.8 Å². The average molecular weight is 478 g/mol. The molecule has 182 valence electrons. The smallest absolute Gasteiger partial charge is 0.267 e. The van der Waals surface area contributed by atoms with E-state index in [2.05, 4.69) is 15.5 Å². The maximum Gasteiger partial charge on any atom is 0.267 e. The van der Waals surface area contributed by atoms with E-state index in [1.165, 1.54) is 18.2 Å². The van der Waals surface area contributed by atoms with Crippen LogP contribution in [0.1, 0.15) is 22.5 Å². The quantitative estimate of drug-likeness (QED) is 0.363. The lowest BCUT2D eigenvalue weighted by Crippen LogP contribution is -2.39. The van der Waals surface area contributed by atoms with Crippen molar-refractivity contribution in [1.29, 1.82) is 0 Å². The van der Waals surface area contributed by atoms with Crippen LogP contribution in [0.5, 0.6) is 0 Å². The molecule has 0 bridgehead atoms. The Kier molecular flexibility index (Phi) is 8.43. The molecule has 3 aromatic rings. The number of carbonyl (C=O) groups excluding carboxylic acids is 2. The molecule has 0 radical (unpaired) electrons. The number of hydrogen-bond donors (Lipinski definition) is 2. The van der Waals surface area contributed by atoms with Crippen molar-refractivity contribution in [3.8, 4) is 11.3 Å². The summed E-state index contributed by atoms with van der Waals surface area (Å²) < 4.78 is 24.4. The van der Waals surface area contributed by atoms with E-state index in [4.69, 9.17) is 9.15 Å². The number of nitrogens with zero attached hydrogens (tertiary/aromatic N) is 1. The Hall–Kier alpha value is -3.75. The van der Waals surface area contributed by atoms with Gasteiger partial charge in [0.2, 0.25) is 0 Å². The number of benzene rings is 2. The van der Waals surface area contributed by atoms with Gasteiger partial charge in [-0.15, -0.1) is 0 Å². The molecular weight excluding hydrogens is 449 g/mol. The molecule has 1 fully saturated rings. The van der Waals surface area contributed by atoms with Crippen molar-refractivity contribution in [2.75, 3.05) is 39.4 Å². The first-order chi connectivity index (χ1) is 17.1. The molecule has 7 nitrogen and oxygen atoms in total. The molecule has 4 rings (SSSR count). The molecular formula is C27H28FN3O4. The molecule has 0 atom stereocenters. The third-order valence-corrected chi connectivity index (χ3v) is 5.61. The van der Waals surface area contributed by atoms with Crippen LogP contribution >= 0.6 is 0 Å². The minimum atomic E-state index is -0.406. The highest BCUT2D eigenvalue weighted by molar-refractivity contribution is 6.05. The molecule has 0 unspecified atom stereocenters. The zero-order valence-electron chi connectivity index (χ0n) is 19.3. The Morgan fingerprint density at radius 3 is 2.46 bits per heavy atom. The maximum absolute atomic E-state index is 13.2. The summed E-state index contributed by atoms with van der Waals surface area (Å²) in [7, 11) is 0. The van der Waals surface area contributed by atoms with Gasteiger partial charge in [-0.3, -0.25) is 14.5 Å². The van der Waals surface area contributed by atoms with E-state index in [9.17, 15) is 14.0 Å². The normalized spacial score (nSPS) is 14.5. The zero-order valence-corrected chi connectivity index (χ0v) is 19.3. The van der Waals surface area contributed by atoms with Crippen molar-refractivity contribution in [2.45, 2.75) is 6.42 Å². The number of halogens is 1. The molecule has 1 aliphatic rings. The first-order valence-corrected chi connectivity index (χ1v) is 11.6. The molecule has 0 saturated carbocycles. The van der Waals surface area contributed by atoms with E-state index in [1.807, 2.05) is 6.07 Å². The third kappa shape index (κ3) is 7.11. The van der Waals surface area contributed by atoms with Crippen LogP contribution in [0.4, 0.5) is 4.39 Å². The molecule has 1 saturated heterocycles. The third-order valence-electron chi connectivity index (χ3n) is 5.61. The van der Waals surface area contributed by atoms with E-state index in [0.717, 1.165) is 39.3 Å². The van der Waals surface area contributed by atoms with Gasteiger partial charge in [-0.25, -0.2) is 4.39 Å². The molecule has 2 heterocycles. The summed E-state index contributed by atoms with van der Waals surface area (Å²) >= 11 is 0. The highest BCUT2D eigenvalue weighted by Crippen LogP contribution is 2.23. The van der Waals surface area contributed by atoms with Gasteiger partial charge >= 0.3 is 0 Å². The Balaban J connectivity index is 1.45. The fourth-order valence-electron chi connectivity index (χ4n) is 3.71. The fourth-order valence-corrected chi connectivity index (χ4v) is 3.71. The summed E-state index contributed by atoms with van der Waals surface area (Å²) in [5.74, 6) is -0.231. The second-order valence-electron chi connectivity index (χ2n) is 8.15. The Bertz CT molecular complexity index is 1150. The SMILES string of the molecule is O=C(NCCCN1CCOCC1)/C(=C/c1ccc(-c2ccc(F)cc2)o1)NC(=O)c1ccccc1. The molecule has 2 N–H and O–H groups in total. The van der Waals surface area contributed by atoms with Crippen molar-refractivity contribution in [3.63, 3.8) is 0 Å². The lowest BCUT2D eigenvalue weighted by atomic mass is 10.2. The van der Waals surface area contributed by atoms with Crippen molar-refractivity contribution in [3.05, 3.63) is 89.6 Å². The van der Waals surface area contributed by atoms with E-state index < -0.39 is 11.8 Å². The number of ether oxygens (including phenoxy) is 1. The molecule has 35 heavy (non-hydrogen) atoms. The van der Waals surface area contributed by atoms with E-state index in [-0.39, 0.29) is 11.5 Å². The van der Waals surface area contributed by atoms with Crippen LogP contribution in [-0.4, -0.2) is 56.1 Å². The number of nitrogens with one attached hydrogen (secondary N) is 2. The van der Waals surface area contributed by atoms with Crippen LogP contribution in [0.2, 0.25) is 0 Å². The van der Waals surface area contributed by atoms with Crippen LogP contribution in [-0.2, 0) is 9.53 Å². The number of rotatable bonds is 9. The van der Waals surface area contributed by atoms with E-state index >= 15 is 0 Å². The highest BCUT2D eigenvalue weighted by Gasteiger charge is 2.16. The minimum absolute atomic E-state index is 0.0743. The summed E-state index contributed by atoms with van der Waals surface area (Å²) in [6.45, 7) is 4.57. The standard InChI is InChI=1S/C27H28FN3O4/c28-22-9-7-20(8-10-22)25-12-11-23(35-25)19-24(30-26(32)21-5-2-1-3-6-21)27(33)29-13-4-14-31-15-17-34-18-16-31/h1-3,5-12,19H,4,13-18H2,(H,29,33)(H,30,32)/b24-19-. The van der Waals surface area contributed by atoms with Gasteiger partial charge in [0.15, 0.2) is 0 Å². The van der Waals surface area contributed by atoms with Gasteiger partial charge in [-0.1, -0.05) is 18.2 Å². The predicted octanol–water partition coefficient (Wildman–Crippen LogP) is 3.70. The van der Waals surface area contributed by atoms with Crippen LogP contribution < -0.4 is 10.6 Å². The predicted molar refractivity (Wildman–Crippen MR) is 131 cm³/mol. The molecule has 8 heteroatoms. The first kappa shape index (κ1) is 24.4. The summed E-state index contributed by atoms with van der Waals surface area (Å²) in [6.07, 6.45) is 2.27. The first-order valence-electron chi connectivity index (χ1n) is 11.6. The van der Waals surface area contributed by atoms with Gasteiger partial charge in [-0.05, 0) is 61.5 Å². The van der Waals surface area contributed by atoms with Crippen molar-refractivity contribution in [1.82, 2.24) is 15.5 Å². The Morgan fingerprint density at radius 2 is 1.71 bits per heavy atom. The molecule has 1 aromatic heterocycles. The van der Waals surface area contributed by atoms with Crippen molar-refractivity contribution in [2.24, 2.45) is 0 Å². The zero-order chi connectivity index (χ0) is 24.5. The Labute approximate surface area is 203 Å². The molecule has 1 aliphatic heterocycles. The molecule has 2 aromatic carbocycles. The summed E-state index contributed by atoms with van der Waals surface area (Å²) in [5.41, 5.74) is 1.21. The van der Waals surface area contributed by atoms with Crippen LogP contribution in [0, 0.1) is 5.82 Å². The van der Waals surface area contributed by atoms with Gasteiger partial charge in [0, 0.05) is 36.8 Å². The summed E-state index contributed by atoms with van der Waals surface area (Å²) in [5, 5.41) is 5.58. The number of hydrogen-bond acceptors (Lipinski definition) is 5. The van der Waals surface area contributed by atoms with E-state index in [0.29, 0.717) is 29.2 Å². The monoisotopic (exact) mass is 477 g/mol. The molecule has 0 aliphatic carbocycles. The minimum Gasteiger partial charge on any atom is -0.457 e. The Morgan fingerprint density at radius 1 is 0.971 bits per heavy atom. The fraction of sp³-hybridized carbons (Fsp3) is 0.259. The number of amides is 2. The molecule has 0 spiro atoms. The average Bonchev–Trinajstić information content (AvgIpc) is 3.36. The second-order valence-corrected chi connectivity index (χ2v) is 8.15. The van der Waals surface area contributed by atoms with Gasteiger partial charge < -0.3 is 19.8 Å². The maximum atomic E-state index is 13.2. The molecule has 2 amide bonds. The summed E-state index contributed by atoms with van der Waals surface area (Å²) in [4.78, 5) is 28.0. The topological polar surface area (TPSA) is 83.8 Å². The highest BCUT2D eigenvalue weighted by atomic mass is 19.1. The van der Waals surface area contributed by atoms with Gasteiger partial charge in [-0.2, -0.15) is 0 Å². The van der Waals surface area contributed by atoms with Crippen LogP contribution in [0.25, 0.3) is 17.4 Å².